The van der Waals surface area contributed by atoms with Crippen LogP contribution in [0.4, 0.5) is 9.52 Å². The van der Waals surface area contributed by atoms with Crippen molar-refractivity contribution in [1.82, 2.24) is 30.0 Å². The van der Waals surface area contributed by atoms with E-state index in [1.54, 1.807) is 30.2 Å². The Kier molecular flexibility index (Phi) is 10.3. The van der Waals surface area contributed by atoms with Gasteiger partial charge in [0, 0.05) is 30.3 Å². The van der Waals surface area contributed by atoms with E-state index in [0.717, 1.165) is 66.7 Å². The molecule has 0 aliphatic carbocycles. The Balaban J connectivity index is 0.853. The third kappa shape index (κ3) is 7.70. The fourth-order valence-electron chi connectivity index (χ4n) is 7.37. The minimum absolute atomic E-state index is 0.000317. The van der Waals surface area contributed by atoms with Gasteiger partial charge in [0.1, 0.15) is 17.6 Å². The van der Waals surface area contributed by atoms with Gasteiger partial charge in [-0.3, -0.25) is 39.1 Å². The van der Waals surface area contributed by atoms with Crippen LogP contribution in [0.3, 0.4) is 0 Å². The van der Waals surface area contributed by atoms with Crippen LogP contribution in [-0.4, -0.2) is 92.5 Å². The van der Waals surface area contributed by atoms with Gasteiger partial charge in [-0.2, -0.15) is 0 Å². The second-order valence-corrected chi connectivity index (χ2v) is 17.2. The normalized spacial score (nSPS) is 21.2. The summed E-state index contributed by atoms with van der Waals surface area (Å²) in [7, 11) is 0. The zero-order valence-corrected chi connectivity index (χ0v) is 31.0. The molecule has 2 aromatic heterocycles. The molecule has 0 bridgehead atoms. The van der Waals surface area contributed by atoms with Crippen LogP contribution in [0.15, 0.2) is 33.2 Å². The highest BCUT2D eigenvalue weighted by atomic mass is 32.2. The van der Waals surface area contributed by atoms with Gasteiger partial charge in [0.2, 0.25) is 23.6 Å². The number of benzene rings is 1. The van der Waals surface area contributed by atoms with E-state index >= 15 is 4.39 Å². The fraction of sp³-hybridized carbons (Fsp3) is 0.528. The van der Waals surface area contributed by atoms with Crippen LogP contribution in [-0.2, 0) is 32.1 Å². The summed E-state index contributed by atoms with van der Waals surface area (Å²) < 4.78 is 22.1. The number of nitrogens with one attached hydrogen (secondary N) is 2. The summed E-state index contributed by atoms with van der Waals surface area (Å²) in [6.45, 7) is 9.93. The van der Waals surface area contributed by atoms with Crippen LogP contribution < -0.4 is 10.6 Å². The number of fused-ring (bicyclic) bond motifs is 1. The predicted molar refractivity (Wildman–Crippen MR) is 191 cm³/mol. The van der Waals surface area contributed by atoms with Crippen molar-refractivity contribution in [3.05, 3.63) is 58.7 Å². The van der Waals surface area contributed by atoms with Crippen LogP contribution >= 0.6 is 23.1 Å². The number of hydrogen-bond acceptors (Lipinski definition) is 12. The first-order chi connectivity index (χ1) is 24.8. The van der Waals surface area contributed by atoms with Gasteiger partial charge in [0.05, 0.1) is 33.5 Å². The average molecular weight is 752 g/mol. The average Bonchev–Trinajstić information content (AvgIpc) is 3.83. The number of aromatic nitrogens is 2. The topological polar surface area (TPSA) is 158 Å². The number of anilines is 1. The number of carbonyl (C=O) groups excluding carboxylic acids is 5. The summed E-state index contributed by atoms with van der Waals surface area (Å²) in [5, 5.41) is 5.77. The molecule has 0 spiro atoms. The molecule has 0 saturated carbocycles. The lowest BCUT2D eigenvalue weighted by Crippen LogP contribution is -2.54. The molecule has 1 unspecified atom stereocenters. The lowest BCUT2D eigenvalue weighted by Gasteiger charge is -2.41. The van der Waals surface area contributed by atoms with Crippen molar-refractivity contribution >= 4 is 57.8 Å². The fourth-order valence-corrected chi connectivity index (χ4v) is 9.10. The third-order valence-electron chi connectivity index (χ3n) is 10.3. The van der Waals surface area contributed by atoms with Crippen LogP contribution in [0.25, 0.3) is 0 Å². The minimum Gasteiger partial charge on any atom is -0.444 e. The first-order valence-electron chi connectivity index (χ1n) is 17.7. The largest absolute Gasteiger partial charge is 0.444 e. The number of likely N-dealkylation sites (tertiary alicyclic amines) is 2. The molecule has 1 atom stereocenters. The molecule has 276 valence electrons. The number of oxazole rings is 1. The molecule has 2 N–H and O–H groups in total. The summed E-state index contributed by atoms with van der Waals surface area (Å²) in [5.41, 5.74) is 0.127. The molecule has 4 aliphatic heterocycles. The second-order valence-electron chi connectivity index (χ2n) is 14.9. The molecule has 7 rings (SSSR count). The molecule has 16 heteroatoms. The lowest BCUT2D eigenvalue weighted by atomic mass is 9.92. The highest BCUT2D eigenvalue weighted by molar-refractivity contribution is 8.00. The van der Waals surface area contributed by atoms with Crippen LogP contribution in [0.5, 0.6) is 0 Å². The summed E-state index contributed by atoms with van der Waals surface area (Å²) in [6.07, 6.45) is 6.97. The van der Waals surface area contributed by atoms with Gasteiger partial charge in [-0.05, 0) is 76.0 Å². The summed E-state index contributed by atoms with van der Waals surface area (Å²) in [4.78, 5) is 77.5. The molecular formula is C36H42FN7O6S2. The summed E-state index contributed by atoms with van der Waals surface area (Å²) in [5.74, 6) is -1.49. The maximum absolute atomic E-state index is 15.2. The number of halogens is 1. The Morgan fingerprint density at radius 1 is 1.02 bits per heavy atom. The van der Waals surface area contributed by atoms with Crippen LogP contribution in [0, 0.1) is 11.7 Å². The maximum Gasteiger partial charge on any atom is 0.265 e. The molecular weight excluding hydrogens is 710 g/mol. The number of thiazole rings is 1. The summed E-state index contributed by atoms with van der Waals surface area (Å²) in [6, 6.07) is 2.10. The minimum atomic E-state index is -1.14. The van der Waals surface area contributed by atoms with E-state index in [1.807, 2.05) is 0 Å². The number of imide groups is 2. The molecule has 3 saturated heterocycles. The number of rotatable bonds is 9. The Morgan fingerprint density at radius 2 is 1.77 bits per heavy atom. The number of hydrogen-bond donors (Lipinski definition) is 2. The molecule has 4 aliphatic rings. The number of carbonyl (C=O) groups is 5. The SMILES string of the molecule is CC(C)(C)c1cnc(CSc2cnc(NC(=O)C3CCN(C4CCN(Cc5cc(F)c6c(c5)C(=O)N(C5CCC(=O)NC5=O)C6=O)CC4)CC3)s2)o1. The van der Waals surface area contributed by atoms with Crippen LogP contribution in [0.1, 0.15) is 97.2 Å². The van der Waals surface area contributed by atoms with E-state index in [0.29, 0.717) is 34.9 Å². The highest BCUT2D eigenvalue weighted by Gasteiger charge is 2.46. The number of thioether (sulfide) groups is 1. The zero-order chi connectivity index (χ0) is 36.7. The van der Waals surface area contributed by atoms with Crippen molar-refractivity contribution in [2.24, 2.45) is 5.92 Å². The van der Waals surface area contributed by atoms with Crippen molar-refractivity contribution in [2.45, 2.75) is 93.3 Å². The van der Waals surface area contributed by atoms with E-state index in [-0.39, 0.29) is 41.2 Å². The van der Waals surface area contributed by atoms with E-state index in [4.69, 9.17) is 4.42 Å². The van der Waals surface area contributed by atoms with Crippen molar-refractivity contribution < 1.29 is 32.8 Å². The lowest BCUT2D eigenvalue weighted by molar-refractivity contribution is -0.136. The van der Waals surface area contributed by atoms with Gasteiger partial charge in [0.25, 0.3) is 11.8 Å². The maximum atomic E-state index is 15.2. The molecule has 1 aromatic carbocycles. The smallest absolute Gasteiger partial charge is 0.265 e. The first kappa shape index (κ1) is 36.4. The Morgan fingerprint density at radius 3 is 2.46 bits per heavy atom. The van der Waals surface area contributed by atoms with E-state index in [9.17, 15) is 24.0 Å². The van der Waals surface area contributed by atoms with Crippen LogP contribution in [0.2, 0.25) is 0 Å². The molecule has 3 aromatic rings. The molecule has 0 radical (unpaired) electrons. The highest BCUT2D eigenvalue weighted by Crippen LogP contribution is 2.34. The number of nitrogens with zero attached hydrogens (tertiary/aromatic N) is 5. The summed E-state index contributed by atoms with van der Waals surface area (Å²) >= 11 is 3.03. The Bertz CT molecular complexity index is 1890. The monoisotopic (exact) mass is 751 g/mol. The third-order valence-corrected chi connectivity index (χ3v) is 12.4. The van der Waals surface area contributed by atoms with Crippen molar-refractivity contribution in [1.29, 1.82) is 0 Å². The van der Waals surface area contributed by atoms with Gasteiger partial charge in [-0.25, -0.2) is 14.4 Å². The molecule has 6 heterocycles. The van der Waals surface area contributed by atoms with Crippen molar-refractivity contribution in [3.8, 4) is 0 Å². The Hall–Kier alpha value is -3.99. The van der Waals surface area contributed by atoms with Crippen molar-refractivity contribution in [2.75, 3.05) is 31.5 Å². The van der Waals surface area contributed by atoms with E-state index < -0.39 is 35.5 Å². The number of piperidine rings is 3. The van der Waals surface area contributed by atoms with Gasteiger partial charge in [-0.15, -0.1) is 11.8 Å². The van der Waals surface area contributed by atoms with E-state index in [1.165, 1.54) is 17.4 Å². The quantitative estimate of drug-likeness (QED) is 0.233. The molecule has 52 heavy (non-hydrogen) atoms. The Labute approximate surface area is 309 Å². The van der Waals surface area contributed by atoms with Crippen molar-refractivity contribution in [3.63, 3.8) is 0 Å². The van der Waals surface area contributed by atoms with Gasteiger partial charge < -0.3 is 14.6 Å². The molecule has 3 fully saturated rings. The zero-order valence-electron chi connectivity index (χ0n) is 29.4. The van der Waals surface area contributed by atoms with Gasteiger partial charge >= 0.3 is 0 Å². The second kappa shape index (κ2) is 14.8. The standard InChI is InChI=1S/C36H42FN7O6S2/c1-36(2,3)26-16-38-28(50-26)19-51-29-17-39-35(52-29)41-31(46)21-6-12-43(13-7-21)22-8-10-42(11-9-22)18-20-14-23-30(24(37)15-20)34(49)44(33(23)48)25-4-5-27(45)40-32(25)47/h14-17,21-22,25H,4-13,18-19H2,1-3H3,(H,39,41,46)(H,40,45,47). The van der Waals surface area contributed by atoms with Gasteiger partial charge in [0.15, 0.2) is 5.13 Å². The predicted octanol–water partition coefficient (Wildman–Crippen LogP) is 4.58. The number of amides is 5. The van der Waals surface area contributed by atoms with E-state index in [2.05, 4.69) is 51.2 Å². The first-order valence-corrected chi connectivity index (χ1v) is 19.5. The van der Waals surface area contributed by atoms with Gasteiger partial charge in [-0.1, -0.05) is 32.1 Å². The molecule has 13 nitrogen and oxygen atoms in total. The molecule has 5 amide bonds.